The summed E-state index contributed by atoms with van der Waals surface area (Å²) in [6.45, 7) is 8.15. The van der Waals surface area contributed by atoms with Gasteiger partial charge in [-0.3, -0.25) is 0 Å². The van der Waals surface area contributed by atoms with E-state index in [0.29, 0.717) is 18.9 Å². The number of hydrogen-bond acceptors (Lipinski definition) is 2. The highest BCUT2D eigenvalue weighted by molar-refractivity contribution is 5.76. The first-order chi connectivity index (χ1) is 5.92. The molecule has 1 unspecified atom stereocenters. The van der Waals surface area contributed by atoms with Gasteiger partial charge in [-0.2, -0.15) is 0 Å². The fourth-order valence-electron chi connectivity index (χ4n) is 0.835. The Balaban J connectivity index is 3.92. The highest BCUT2D eigenvalue weighted by Gasteiger charge is 2.31. The highest BCUT2D eigenvalue weighted by Crippen LogP contribution is 2.16. The molecule has 0 spiro atoms. The number of aliphatic carboxylic acids is 1. The van der Waals surface area contributed by atoms with Crippen molar-refractivity contribution in [3.8, 4) is 0 Å². The summed E-state index contributed by atoms with van der Waals surface area (Å²) in [5, 5.41) is 8.87. The van der Waals surface area contributed by atoms with Crippen LogP contribution in [-0.2, 0) is 9.53 Å². The van der Waals surface area contributed by atoms with Crippen molar-refractivity contribution in [3.05, 3.63) is 0 Å². The van der Waals surface area contributed by atoms with Gasteiger partial charge in [-0.25, -0.2) is 4.79 Å². The summed E-state index contributed by atoms with van der Waals surface area (Å²) in [4.78, 5) is 10.8. The van der Waals surface area contributed by atoms with Crippen LogP contribution in [0.15, 0.2) is 0 Å². The van der Waals surface area contributed by atoms with Gasteiger partial charge >= 0.3 is 5.97 Å². The van der Waals surface area contributed by atoms with Crippen molar-refractivity contribution < 1.29 is 14.6 Å². The van der Waals surface area contributed by atoms with Crippen molar-refractivity contribution in [2.75, 3.05) is 6.61 Å². The first kappa shape index (κ1) is 12.4. The Morgan fingerprint density at radius 2 is 2.08 bits per heavy atom. The molecule has 0 radical (unpaired) electrons. The Labute approximate surface area is 80.1 Å². The van der Waals surface area contributed by atoms with E-state index in [2.05, 4.69) is 13.8 Å². The molecule has 0 aromatic heterocycles. The summed E-state index contributed by atoms with van der Waals surface area (Å²) in [5.74, 6) is -0.325. The molecule has 0 aliphatic rings. The predicted octanol–water partition coefficient (Wildman–Crippen LogP) is 2.30. The second-order valence-electron chi connectivity index (χ2n) is 3.92. The second-order valence-corrected chi connectivity index (χ2v) is 3.92. The van der Waals surface area contributed by atoms with E-state index in [-0.39, 0.29) is 0 Å². The number of hydrogen-bond donors (Lipinski definition) is 1. The van der Waals surface area contributed by atoms with Gasteiger partial charge in [-0.1, -0.05) is 20.8 Å². The summed E-state index contributed by atoms with van der Waals surface area (Å²) in [5.41, 5.74) is -1.01. The lowest BCUT2D eigenvalue weighted by atomic mass is 10.0. The topological polar surface area (TPSA) is 46.5 Å². The molecule has 1 N–H and O–H groups in total. The molecule has 0 bridgehead atoms. The zero-order valence-electron chi connectivity index (χ0n) is 8.96. The summed E-state index contributed by atoms with van der Waals surface area (Å²) in [6, 6.07) is 0. The van der Waals surface area contributed by atoms with Gasteiger partial charge in [0.1, 0.15) is 0 Å². The predicted molar refractivity (Wildman–Crippen MR) is 51.7 cm³/mol. The third-order valence-electron chi connectivity index (χ3n) is 2.24. The van der Waals surface area contributed by atoms with Crippen LogP contribution < -0.4 is 0 Å². The quantitative estimate of drug-likeness (QED) is 0.695. The SMILES string of the molecule is CCC(C)(OCCC(C)C)C(=O)O. The van der Waals surface area contributed by atoms with Gasteiger partial charge < -0.3 is 9.84 Å². The van der Waals surface area contributed by atoms with Crippen molar-refractivity contribution in [1.29, 1.82) is 0 Å². The first-order valence-electron chi connectivity index (χ1n) is 4.79. The molecule has 0 saturated carbocycles. The number of carbonyl (C=O) groups is 1. The number of carboxylic acid groups (broad SMARTS) is 1. The Kier molecular flexibility index (Phi) is 4.99. The third kappa shape index (κ3) is 4.27. The normalized spacial score (nSPS) is 15.8. The van der Waals surface area contributed by atoms with Crippen LogP contribution in [0.25, 0.3) is 0 Å². The zero-order valence-corrected chi connectivity index (χ0v) is 8.96. The average molecular weight is 188 g/mol. The second kappa shape index (κ2) is 5.22. The lowest BCUT2D eigenvalue weighted by Crippen LogP contribution is -2.38. The van der Waals surface area contributed by atoms with E-state index in [1.165, 1.54) is 0 Å². The molecule has 0 rings (SSSR count). The van der Waals surface area contributed by atoms with Gasteiger partial charge in [0.2, 0.25) is 0 Å². The standard InChI is InChI=1S/C10H20O3/c1-5-10(4,9(11)12)13-7-6-8(2)3/h8H,5-7H2,1-4H3,(H,11,12). The summed E-state index contributed by atoms with van der Waals surface area (Å²) >= 11 is 0. The minimum absolute atomic E-state index is 0.500. The van der Waals surface area contributed by atoms with E-state index in [1.54, 1.807) is 6.92 Å². The molecular formula is C10H20O3. The maximum atomic E-state index is 10.8. The molecular weight excluding hydrogens is 168 g/mol. The Bertz CT molecular complexity index is 166. The average Bonchev–Trinajstić information content (AvgIpc) is 2.03. The Morgan fingerprint density at radius 1 is 1.54 bits per heavy atom. The number of rotatable bonds is 6. The minimum Gasteiger partial charge on any atom is -0.479 e. The first-order valence-corrected chi connectivity index (χ1v) is 4.79. The fourth-order valence-corrected chi connectivity index (χ4v) is 0.835. The third-order valence-corrected chi connectivity index (χ3v) is 2.24. The summed E-state index contributed by atoms with van der Waals surface area (Å²) in [6.07, 6.45) is 1.41. The molecule has 0 aromatic carbocycles. The lowest BCUT2D eigenvalue weighted by molar-refractivity contribution is -0.164. The zero-order chi connectivity index (χ0) is 10.5. The molecule has 0 heterocycles. The van der Waals surface area contributed by atoms with Crippen LogP contribution in [0, 0.1) is 5.92 Å². The van der Waals surface area contributed by atoms with Crippen LogP contribution >= 0.6 is 0 Å². The maximum Gasteiger partial charge on any atom is 0.335 e. The molecule has 0 aliphatic heterocycles. The molecule has 13 heavy (non-hydrogen) atoms. The van der Waals surface area contributed by atoms with Gasteiger partial charge in [0.15, 0.2) is 5.60 Å². The molecule has 0 amide bonds. The van der Waals surface area contributed by atoms with E-state index < -0.39 is 11.6 Å². The molecule has 1 atom stereocenters. The largest absolute Gasteiger partial charge is 0.479 e. The number of carboxylic acids is 1. The molecule has 0 aromatic rings. The van der Waals surface area contributed by atoms with Crippen LogP contribution in [0.2, 0.25) is 0 Å². The summed E-state index contributed by atoms with van der Waals surface area (Å²) < 4.78 is 5.35. The van der Waals surface area contributed by atoms with Crippen molar-refractivity contribution in [3.63, 3.8) is 0 Å². The monoisotopic (exact) mass is 188 g/mol. The van der Waals surface area contributed by atoms with Gasteiger partial charge in [0.25, 0.3) is 0 Å². The van der Waals surface area contributed by atoms with Gasteiger partial charge in [-0.15, -0.1) is 0 Å². The van der Waals surface area contributed by atoms with Crippen LogP contribution in [-0.4, -0.2) is 23.3 Å². The summed E-state index contributed by atoms with van der Waals surface area (Å²) in [7, 11) is 0. The number of ether oxygens (including phenoxy) is 1. The van der Waals surface area contributed by atoms with Crippen LogP contribution in [0.3, 0.4) is 0 Å². The lowest BCUT2D eigenvalue weighted by Gasteiger charge is -2.23. The highest BCUT2D eigenvalue weighted by atomic mass is 16.5. The van der Waals surface area contributed by atoms with Crippen molar-refractivity contribution in [1.82, 2.24) is 0 Å². The van der Waals surface area contributed by atoms with Crippen molar-refractivity contribution >= 4 is 5.97 Å². The molecule has 0 aliphatic carbocycles. The van der Waals surface area contributed by atoms with Gasteiger partial charge in [-0.05, 0) is 25.7 Å². The maximum absolute atomic E-state index is 10.8. The van der Waals surface area contributed by atoms with Crippen molar-refractivity contribution in [2.45, 2.75) is 46.1 Å². The smallest absolute Gasteiger partial charge is 0.335 e. The van der Waals surface area contributed by atoms with Crippen LogP contribution in [0.4, 0.5) is 0 Å². The minimum atomic E-state index is -1.01. The van der Waals surface area contributed by atoms with Gasteiger partial charge in [0.05, 0.1) is 0 Å². The van der Waals surface area contributed by atoms with E-state index >= 15 is 0 Å². The van der Waals surface area contributed by atoms with Crippen LogP contribution in [0.1, 0.15) is 40.5 Å². The molecule has 0 fully saturated rings. The van der Waals surface area contributed by atoms with E-state index in [0.717, 1.165) is 6.42 Å². The molecule has 3 heteroatoms. The Hall–Kier alpha value is -0.570. The van der Waals surface area contributed by atoms with E-state index in [9.17, 15) is 4.79 Å². The Morgan fingerprint density at radius 3 is 2.38 bits per heavy atom. The van der Waals surface area contributed by atoms with E-state index in [4.69, 9.17) is 9.84 Å². The van der Waals surface area contributed by atoms with Crippen molar-refractivity contribution in [2.24, 2.45) is 5.92 Å². The van der Waals surface area contributed by atoms with Gasteiger partial charge in [0, 0.05) is 6.61 Å². The molecule has 78 valence electrons. The molecule has 0 saturated heterocycles. The fraction of sp³-hybridized carbons (Fsp3) is 0.900. The van der Waals surface area contributed by atoms with E-state index in [1.807, 2.05) is 6.92 Å². The van der Waals surface area contributed by atoms with Crippen LogP contribution in [0.5, 0.6) is 0 Å². The molecule has 3 nitrogen and oxygen atoms in total.